The molecule has 0 aromatic carbocycles. The number of methoxy groups -OCH3 is 1. The maximum absolute atomic E-state index is 4.91. The van der Waals surface area contributed by atoms with Crippen molar-refractivity contribution in [2.75, 3.05) is 25.1 Å². The fourth-order valence-electron chi connectivity index (χ4n) is 1.63. The summed E-state index contributed by atoms with van der Waals surface area (Å²) in [5.41, 5.74) is 0. The van der Waals surface area contributed by atoms with E-state index in [1.165, 1.54) is 24.1 Å². The molecule has 0 aliphatic carbocycles. The quantitative estimate of drug-likeness (QED) is 0.696. The van der Waals surface area contributed by atoms with Crippen LogP contribution in [0, 0.1) is 0 Å². The van der Waals surface area contributed by atoms with Crippen LogP contribution >= 0.6 is 0 Å². The molecule has 2 rings (SSSR count). The molecule has 1 aliphatic rings. The predicted molar refractivity (Wildman–Crippen MR) is 50.9 cm³/mol. The molecule has 0 atom stereocenters. The van der Waals surface area contributed by atoms with Crippen molar-refractivity contribution in [3.63, 3.8) is 0 Å². The Balaban J connectivity index is 2.00. The van der Waals surface area contributed by atoms with E-state index in [4.69, 9.17) is 4.74 Å². The van der Waals surface area contributed by atoms with Gasteiger partial charge in [-0.05, 0) is 24.5 Å². The minimum Gasteiger partial charge on any atom is -0.361 e. The molecule has 6 nitrogen and oxygen atoms in total. The maximum Gasteiger partial charge on any atom is 0.266 e. The zero-order valence-corrected chi connectivity index (χ0v) is 8.39. The first-order valence-corrected chi connectivity index (χ1v) is 4.92. The van der Waals surface area contributed by atoms with Crippen LogP contribution in [0.5, 0.6) is 0 Å². The summed E-state index contributed by atoms with van der Waals surface area (Å²) in [4.78, 5) is 3.63. The Labute approximate surface area is 82.8 Å². The molecule has 1 aliphatic heterocycles. The van der Waals surface area contributed by atoms with Crippen molar-refractivity contribution in [1.29, 1.82) is 0 Å². The van der Waals surface area contributed by atoms with Crippen molar-refractivity contribution in [2.45, 2.75) is 26.0 Å². The van der Waals surface area contributed by atoms with Gasteiger partial charge >= 0.3 is 0 Å². The average molecular weight is 197 g/mol. The summed E-state index contributed by atoms with van der Waals surface area (Å²) < 4.78 is 4.91. The number of hydrogen-bond donors (Lipinski definition) is 0. The van der Waals surface area contributed by atoms with Gasteiger partial charge < -0.3 is 9.64 Å². The third kappa shape index (κ3) is 2.01. The number of rotatable bonds is 3. The normalized spacial score (nSPS) is 17.4. The molecule has 0 N–H and O–H groups in total. The molecule has 1 aromatic rings. The van der Waals surface area contributed by atoms with Crippen molar-refractivity contribution in [3.8, 4) is 0 Å². The van der Waals surface area contributed by atoms with Crippen LogP contribution in [-0.2, 0) is 11.5 Å². The zero-order chi connectivity index (χ0) is 9.80. The van der Waals surface area contributed by atoms with Crippen molar-refractivity contribution < 1.29 is 4.74 Å². The highest BCUT2D eigenvalue weighted by molar-refractivity contribution is 5.26. The second-order valence-corrected chi connectivity index (χ2v) is 3.43. The summed E-state index contributed by atoms with van der Waals surface area (Å²) in [7, 11) is 1.62. The van der Waals surface area contributed by atoms with Crippen molar-refractivity contribution in [2.24, 2.45) is 0 Å². The van der Waals surface area contributed by atoms with E-state index >= 15 is 0 Å². The van der Waals surface area contributed by atoms with Crippen LogP contribution in [0.3, 0.4) is 0 Å². The Bertz CT molecular complexity index is 281. The van der Waals surface area contributed by atoms with Crippen LogP contribution in [0.4, 0.5) is 5.95 Å². The lowest BCUT2D eigenvalue weighted by atomic mass is 10.1. The van der Waals surface area contributed by atoms with Gasteiger partial charge in [-0.25, -0.2) is 0 Å². The lowest BCUT2D eigenvalue weighted by molar-refractivity contribution is 0.107. The van der Waals surface area contributed by atoms with E-state index in [0.717, 1.165) is 19.0 Å². The largest absolute Gasteiger partial charge is 0.361 e. The van der Waals surface area contributed by atoms with Crippen molar-refractivity contribution in [3.05, 3.63) is 0 Å². The number of hydrogen-bond acceptors (Lipinski definition) is 5. The van der Waals surface area contributed by atoms with E-state index in [2.05, 4.69) is 20.3 Å². The first-order chi connectivity index (χ1) is 6.90. The molecule has 0 saturated carbocycles. The fourth-order valence-corrected chi connectivity index (χ4v) is 1.63. The van der Waals surface area contributed by atoms with Crippen LogP contribution < -0.4 is 4.90 Å². The molecule has 6 heteroatoms. The second-order valence-electron chi connectivity index (χ2n) is 3.43. The molecular formula is C8H15N5O. The molecule has 2 heterocycles. The number of anilines is 1. The summed E-state index contributed by atoms with van der Waals surface area (Å²) >= 11 is 0. The van der Waals surface area contributed by atoms with Gasteiger partial charge in [-0.2, -0.15) is 0 Å². The summed E-state index contributed by atoms with van der Waals surface area (Å²) in [5, 5.41) is 12.1. The van der Waals surface area contributed by atoms with Gasteiger partial charge in [0.1, 0.15) is 0 Å². The number of aromatic nitrogens is 4. The van der Waals surface area contributed by atoms with Crippen LogP contribution in [0.1, 0.15) is 19.3 Å². The smallest absolute Gasteiger partial charge is 0.266 e. The third-order valence-electron chi connectivity index (χ3n) is 2.33. The fraction of sp³-hybridized carbons (Fsp3) is 0.875. The molecule has 14 heavy (non-hydrogen) atoms. The van der Waals surface area contributed by atoms with E-state index in [9.17, 15) is 0 Å². The van der Waals surface area contributed by atoms with Gasteiger partial charge in [-0.15, -0.1) is 9.90 Å². The maximum atomic E-state index is 4.91. The number of ether oxygens (including phenoxy) is 1. The third-order valence-corrected chi connectivity index (χ3v) is 2.33. The topological polar surface area (TPSA) is 56.1 Å². The van der Waals surface area contributed by atoms with Crippen LogP contribution in [0.15, 0.2) is 0 Å². The zero-order valence-electron chi connectivity index (χ0n) is 8.39. The van der Waals surface area contributed by atoms with Gasteiger partial charge in [-0.3, -0.25) is 0 Å². The highest BCUT2D eigenvalue weighted by Gasteiger charge is 2.15. The summed E-state index contributed by atoms with van der Waals surface area (Å²) in [6.07, 6.45) is 3.75. The van der Waals surface area contributed by atoms with Gasteiger partial charge in [0.15, 0.2) is 6.73 Å². The minimum atomic E-state index is 0.362. The van der Waals surface area contributed by atoms with E-state index in [1.54, 1.807) is 7.11 Å². The molecule has 1 fully saturated rings. The van der Waals surface area contributed by atoms with Gasteiger partial charge in [-0.1, -0.05) is 5.10 Å². The SMILES string of the molecule is COCn1nnc(N2CCCCC2)n1. The highest BCUT2D eigenvalue weighted by Crippen LogP contribution is 2.13. The van der Waals surface area contributed by atoms with E-state index in [1.807, 2.05) is 0 Å². The molecule has 0 amide bonds. The van der Waals surface area contributed by atoms with E-state index in [-0.39, 0.29) is 0 Å². The molecule has 78 valence electrons. The summed E-state index contributed by atoms with van der Waals surface area (Å²) in [5.74, 6) is 0.724. The Morgan fingerprint density at radius 2 is 2.07 bits per heavy atom. The summed E-state index contributed by atoms with van der Waals surface area (Å²) in [6.45, 7) is 2.44. The summed E-state index contributed by atoms with van der Waals surface area (Å²) in [6, 6.07) is 0. The van der Waals surface area contributed by atoms with Gasteiger partial charge in [0.2, 0.25) is 0 Å². The molecule has 0 radical (unpaired) electrons. The minimum absolute atomic E-state index is 0.362. The van der Waals surface area contributed by atoms with E-state index in [0.29, 0.717) is 6.73 Å². The van der Waals surface area contributed by atoms with Crippen molar-refractivity contribution in [1.82, 2.24) is 20.2 Å². The molecule has 1 aromatic heterocycles. The molecule has 0 spiro atoms. The standard InChI is InChI=1S/C8H15N5O/c1-14-7-13-10-8(9-11-13)12-5-3-2-4-6-12/h2-7H2,1H3. The van der Waals surface area contributed by atoms with E-state index < -0.39 is 0 Å². The highest BCUT2D eigenvalue weighted by atomic mass is 16.5. The Morgan fingerprint density at radius 1 is 1.29 bits per heavy atom. The number of piperidine rings is 1. The van der Waals surface area contributed by atoms with Gasteiger partial charge in [0.05, 0.1) is 0 Å². The molecular weight excluding hydrogens is 182 g/mol. The average Bonchev–Trinajstić information content (AvgIpc) is 2.68. The molecule has 0 bridgehead atoms. The van der Waals surface area contributed by atoms with Gasteiger partial charge in [0, 0.05) is 20.2 Å². The molecule has 1 saturated heterocycles. The Morgan fingerprint density at radius 3 is 2.79 bits per heavy atom. The first kappa shape index (κ1) is 9.39. The predicted octanol–water partition coefficient (Wildman–Crippen LogP) is 0.267. The van der Waals surface area contributed by atoms with Crippen molar-refractivity contribution >= 4 is 5.95 Å². The number of tetrazole rings is 1. The lowest BCUT2D eigenvalue weighted by Crippen LogP contribution is -2.30. The Hall–Kier alpha value is -1.17. The second kappa shape index (κ2) is 4.36. The number of nitrogens with zero attached hydrogens (tertiary/aromatic N) is 5. The molecule has 0 unspecified atom stereocenters. The van der Waals surface area contributed by atoms with Crippen LogP contribution in [-0.4, -0.2) is 40.4 Å². The van der Waals surface area contributed by atoms with Gasteiger partial charge in [0.25, 0.3) is 5.95 Å². The lowest BCUT2D eigenvalue weighted by Gasteiger charge is -2.24. The van der Waals surface area contributed by atoms with Crippen LogP contribution in [0.2, 0.25) is 0 Å². The monoisotopic (exact) mass is 197 g/mol. The first-order valence-electron chi connectivity index (χ1n) is 4.92. The Kier molecular flexibility index (Phi) is 2.93. The van der Waals surface area contributed by atoms with Crippen LogP contribution in [0.25, 0.3) is 0 Å².